The highest BCUT2D eigenvalue weighted by Crippen LogP contribution is 2.25. The second-order valence-corrected chi connectivity index (χ2v) is 6.43. The van der Waals surface area contributed by atoms with Gasteiger partial charge in [0, 0.05) is 6.04 Å². The largest absolute Gasteiger partial charge is 0.349 e. The highest BCUT2D eigenvalue weighted by molar-refractivity contribution is 5.98. The maximum Gasteiger partial charge on any atom is 0.287 e. The molecule has 1 aliphatic heterocycles. The summed E-state index contributed by atoms with van der Waals surface area (Å²) >= 11 is 0. The summed E-state index contributed by atoms with van der Waals surface area (Å²) in [6.45, 7) is 3.28. The summed E-state index contributed by atoms with van der Waals surface area (Å²) in [5.41, 5.74) is 0.790. The lowest BCUT2D eigenvalue weighted by Gasteiger charge is -2.28. The number of piperidine rings is 1. The third-order valence-corrected chi connectivity index (χ3v) is 4.86. The molecule has 21 heavy (non-hydrogen) atoms. The monoisotopic (exact) mass is 288 g/mol. The summed E-state index contributed by atoms with van der Waals surface area (Å²) in [6, 6.07) is 4.72. The van der Waals surface area contributed by atoms with Crippen molar-refractivity contribution >= 4 is 11.7 Å². The molecular weight excluding hydrogens is 262 g/mol. The van der Waals surface area contributed by atoms with Gasteiger partial charge in [0.05, 0.1) is 18.8 Å². The van der Waals surface area contributed by atoms with Gasteiger partial charge in [-0.2, -0.15) is 0 Å². The summed E-state index contributed by atoms with van der Waals surface area (Å²) in [5, 5.41) is 3.20. The lowest BCUT2D eigenvalue weighted by molar-refractivity contribution is -0.364. The predicted molar refractivity (Wildman–Crippen MR) is 83.4 cm³/mol. The normalized spacial score (nSPS) is 23.3. The molecule has 2 fully saturated rings. The molecule has 0 radical (unpaired) electrons. The molecule has 1 saturated heterocycles. The number of aromatic nitrogens is 1. The number of H-pyrrole nitrogens is 1. The summed E-state index contributed by atoms with van der Waals surface area (Å²) in [6.07, 6.45) is 10.3. The third-order valence-electron chi connectivity index (χ3n) is 4.86. The van der Waals surface area contributed by atoms with Crippen LogP contribution in [0, 0.1) is 0 Å². The molecular formula is C17H26N3O+. The van der Waals surface area contributed by atoms with Crippen LogP contribution < -0.4 is 15.2 Å². The Kier molecular flexibility index (Phi) is 4.42. The van der Waals surface area contributed by atoms with Crippen molar-refractivity contribution in [2.75, 3.05) is 11.4 Å². The average Bonchev–Trinajstić information content (AvgIpc) is 3.01. The zero-order valence-corrected chi connectivity index (χ0v) is 12.9. The van der Waals surface area contributed by atoms with Gasteiger partial charge in [-0.15, -0.1) is 0 Å². The Labute approximate surface area is 126 Å². The minimum absolute atomic E-state index is 0.0755. The average molecular weight is 288 g/mol. The fourth-order valence-corrected chi connectivity index (χ4v) is 3.61. The van der Waals surface area contributed by atoms with Gasteiger partial charge in [-0.3, -0.25) is 9.69 Å². The molecule has 4 heteroatoms. The van der Waals surface area contributed by atoms with Gasteiger partial charge in [0.15, 0.2) is 0 Å². The van der Waals surface area contributed by atoms with Crippen molar-refractivity contribution in [2.24, 2.45) is 0 Å². The predicted octanol–water partition coefficient (Wildman–Crippen LogP) is 2.55. The molecule has 1 saturated carbocycles. The van der Waals surface area contributed by atoms with E-state index in [1.54, 1.807) is 0 Å². The number of pyridine rings is 1. The Morgan fingerprint density at radius 1 is 1.24 bits per heavy atom. The molecule has 1 aromatic heterocycles. The van der Waals surface area contributed by atoms with Gasteiger partial charge in [0.1, 0.15) is 5.56 Å². The zero-order valence-electron chi connectivity index (χ0n) is 12.9. The van der Waals surface area contributed by atoms with Crippen LogP contribution in [0.3, 0.4) is 0 Å². The number of aromatic amines is 1. The number of rotatable bonds is 3. The summed E-state index contributed by atoms with van der Waals surface area (Å²) in [4.78, 5) is 18.3. The van der Waals surface area contributed by atoms with E-state index >= 15 is 0 Å². The van der Waals surface area contributed by atoms with Crippen LogP contribution >= 0.6 is 0 Å². The van der Waals surface area contributed by atoms with Gasteiger partial charge in [-0.05, 0) is 51.2 Å². The number of nitrogens with one attached hydrogen (secondary N) is 2. The van der Waals surface area contributed by atoms with Crippen molar-refractivity contribution in [3.05, 3.63) is 23.9 Å². The van der Waals surface area contributed by atoms with Crippen molar-refractivity contribution < 1.29 is 9.78 Å². The van der Waals surface area contributed by atoms with E-state index in [0.717, 1.165) is 30.8 Å². The number of hydrogen-bond donors (Lipinski definition) is 1. The Morgan fingerprint density at radius 2 is 2.00 bits per heavy atom. The van der Waals surface area contributed by atoms with Crippen LogP contribution in [0.4, 0.5) is 5.82 Å². The molecule has 1 amide bonds. The van der Waals surface area contributed by atoms with Crippen molar-refractivity contribution in [3.8, 4) is 0 Å². The number of amides is 1. The minimum Gasteiger partial charge on any atom is -0.349 e. The fourth-order valence-electron chi connectivity index (χ4n) is 3.61. The first kappa shape index (κ1) is 14.4. The quantitative estimate of drug-likeness (QED) is 0.929. The van der Waals surface area contributed by atoms with E-state index in [9.17, 15) is 4.79 Å². The molecule has 0 spiro atoms. The lowest BCUT2D eigenvalue weighted by atomic mass is 10.0. The molecule has 2 heterocycles. The SMILES string of the molecule is C[C@H]1CCCCN1c1[nH+]cccc1C(=O)NC1CCCC1. The van der Waals surface area contributed by atoms with E-state index < -0.39 is 0 Å². The van der Waals surface area contributed by atoms with Gasteiger partial charge < -0.3 is 5.32 Å². The van der Waals surface area contributed by atoms with Gasteiger partial charge in [0.2, 0.25) is 0 Å². The summed E-state index contributed by atoms with van der Waals surface area (Å²) in [5.74, 6) is 1.06. The van der Waals surface area contributed by atoms with E-state index in [1.165, 1.54) is 32.1 Å². The molecule has 1 atom stereocenters. The highest BCUT2D eigenvalue weighted by Gasteiger charge is 2.31. The van der Waals surface area contributed by atoms with E-state index in [-0.39, 0.29) is 5.91 Å². The lowest BCUT2D eigenvalue weighted by Crippen LogP contribution is -2.43. The molecule has 114 valence electrons. The van der Waals surface area contributed by atoms with Crippen LogP contribution in [0.5, 0.6) is 0 Å². The van der Waals surface area contributed by atoms with Gasteiger partial charge in [-0.1, -0.05) is 12.8 Å². The van der Waals surface area contributed by atoms with Crippen molar-refractivity contribution in [2.45, 2.75) is 64.0 Å². The smallest absolute Gasteiger partial charge is 0.287 e. The number of nitrogens with zero attached hydrogens (tertiary/aromatic N) is 1. The number of carbonyl (C=O) groups excluding carboxylic acids is 1. The van der Waals surface area contributed by atoms with Crippen LogP contribution in [0.2, 0.25) is 0 Å². The standard InChI is InChI=1S/C17H25N3O/c1-13-7-4-5-12-20(13)16-15(10-6-11-18-16)17(21)19-14-8-2-3-9-14/h6,10-11,13-14H,2-5,7-9,12H2,1H3,(H,19,21)/p+1/t13-/m0/s1. The molecule has 0 unspecified atom stereocenters. The molecule has 2 N–H and O–H groups in total. The van der Waals surface area contributed by atoms with Crippen molar-refractivity contribution in [1.82, 2.24) is 5.32 Å². The second kappa shape index (κ2) is 6.46. The van der Waals surface area contributed by atoms with E-state index in [0.29, 0.717) is 12.1 Å². The van der Waals surface area contributed by atoms with Crippen molar-refractivity contribution in [3.63, 3.8) is 0 Å². The topological polar surface area (TPSA) is 46.5 Å². The maximum atomic E-state index is 12.6. The zero-order chi connectivity index (χ0) is 14.7. The maximum absolute atomic E-state index is 12.6. The second-order valence-electron chi connectivity index (χ2n) is 6.43. The van der Waals surface area contributed by atoms with E-state index in [2.05, 4.69) is 22.1 Å². The van der Waals surface area contributed by atoms with Gasteiger partial charge in [0.25, 0.3) is 11.7 Å². The number of hydrogen-bond acceptors (Lipinski definition) is 2. The van der Waals surface area contributed by atoms with Crippen LogP contribution in [-0.2, 0) is 0 Å². The van der Waals surface area contributed by atoms with E-state index in [1.807, 2.05) is 18.3 Å². The Bertz CT molecular complexity index is 497. The van der Waals surface area contributed by atoms with Crippen LogP contribution in [0.15, 0.2) is 18.3 Å². The third kappa shape index (κ3) is 3.20. The van der Waals surface area contributed by atoms with Crippen LogP contribution in [-0.4, -0.2) is 24.5 Å². The summed E-state index contributed by atoms with van der Waals surface area (Å²) in [7, 11) is 0. The van der Waals surface area contributed by atoms with Gasteiger partial charge in [-0.25, -0.2) is 4.98 Å². The minimum atomic E-state index is 0.0755. The Morgan fingerprint density at radius 3 is 2.76 bits per heavy atom. The molecule has 1 aromatic rings. The number of carbonyl (C=O) groups is 1. The first-order chi connectivity index (χ1) is 10.3. The number of anilines is 1. The van der Waals surface area contributed by atoms with Crippen LogP contribution in [0.25, 0.3) is 0 Å². The molecule has 2 aliphatic rings. The van der Waals surface area contributed by atoms with Crippen LogP contribution in [0.1, 0.15) is 62.2 Å². The Balaban J connectivity index is 1.79. The molecule has 0 aromatic carbocycles. The highest BCUT2D eigenvalue weighted by atomic mass is 16.1. The first-order valence-electron chi connectivity index (χ1n) is 8.34. The molecule has 3 rings (SSSR count). The fraction of sp³-hybridized carbons (Fsp3) is 0.647. The Hall–Kier alpha value is -1.58. The first-order valence-corrected chi connectivity index (χ1v) is 8.34. The molecule has 1 aliphatic carbocycles. The van der Waals surface area contributed by atoms with Crippen molar-refractivity contribution in [1.29, 1.82) is 0 Å². The molecule has 0 bridgehead atoms. The van der Waals surface area contributed by atoms with E-state index in [4.69, 9.17) is 0 Å². The molecule has 4 nitrogen and oxygen atoms in total. The van der Waals surface area contributed by atoms with Gasteiger partial charge >= 0.3 is 0 Å². The summed E-state index contributed by atoms with van der Waals surface area (Å²) < 4.78 is 0.